The van der Waals surface area contributed by atoms with Crippen molar-refractivity contribution in [1.82, 2.24) is 9.55 Å². The van der Waals surface area contributed by atoms with Crippen molar-refractivity contribution < 1.29 is 20.6 Å². The number of para-hydroxylation sites is 2. The SMILES string of the molecule is [2H]c1c([2H])c([2H])c2c(-c3c4c([2H])c([2H])c([2H])c([2H])c4c(-c4ccc(-c5nc6ccccc6n5-c5ccc6ccccc6c5)cc4)c4c([2H])c([2H])c([2H])c([2H])c34)c([2H])c([2H])c([2H])c2c1[2H]. The first-order valence-corrected chi connectivity index (χ1v) is 15.6. The van der Waals surface area contributed by atoms with Crippen LogP contribution in [-0.4, -0.2) is 9.55 Å². The third kappa shape index (κ3) is 4.38. The van der Waals surface area contributed by atoms with Crippen molar-refractivity contribution in [3.63, 3.8) is 0 Å². The minimum absolute atomic E-state index is 0.0169. The number of hydrogen-bond donors (Lipinski definition) is 0. The van der Waals surface area contributed by atoms with Crippen LogP contribution in [0.1, 0.15) is 20.6 Å². The standard InChI is InChI=1S/C47H30N2/c1-2-14-35-30-36(29-28-31(35)12-1)49-44-23-10-9-22-43(44)48-47(49)34-26-24-33(25-27-34)45-39-17-5-7-19-41(39)46(42-20-8-6-18-40(42)45)38-21-11-15-32-13-3-4-16-37(32)38/h1-30H/i3D,4D,5D,6D,7D,8D,11D,13D,15D,16D,17D,18D,19D,20D,21D. The summed E-state index contributed by atoms with van der Waals surface area (Å²) in [5, 5.41) is 0.253. The number of imidazole rings is 1. The van der Waals surface area contributed by atoms with Crippen LogP contribution < -0.4 is 0 Å². The van der Waals surface area contributed by atoms with E-state index in [1.54, 1.807) is 24.3 Å². The summed E-state index contributed by atoms with van der Waals surface area (Å²) in [6.07, 6.45) is 0. The molecular weight excluding hydrogens is 593 g/mol. The number of fused-ring (bicyclic) bond motifs is 5. The van der Waals surface area contributed by atoms with Gasteiger partial charge in [-0.15, -0.1) is 0 Å². The highest BCUT2D eigenvalue weighted by Crippen LogP contribution is 2.45. The van der Waals surface area contributed by atoms with Gasteiger partial charge in [0.2, 0.25) is 0 Å². The van der Waals surface area contributed by atoms with Crippen molar-refractivity contribution in [3.8, 4) is 39.3 Å². The van der Waals surface area contributed by atoms with Crippen molar-refractivity contribution in [1.29, 1.82) is 0 Å². The van der Waals surface area contributed by atoms with Gasteiger partial charge < -0.3 is 0 Å². The molecule has 0 aliphatic heterocycles. The van der Waals surface area contributed by atoms with Crippen LogP contribution in [0.25, 0.3) is 93.5 Å². The van der Waals surface area contributed by atoms with E-state index in [1.165, 1.54) is 0 Å². The minimum atomic E-state index is -0.759. The molecule has 0 atom stereocenters. The van der Waals surface area contributed by atoms with E-state index in [-0.39, 0.29) is 32.7 Å². The lowest BCUT2D eigenvalue weighted by molar-refractivity contribution is 1.11. The lowest BCUT2D eigenvalue weighted by atomic mass is 9.84. The Morgan fingerprint density at radius 3 is 1.80 bits per heavy atom. The Balaban J connectivity index is 1.34. The third-order valence-electron chi connectivity index (χ3n) is 8.92. The van der Waals surface area contributed by atoms with Crippen LogP contribution in [0.2, 0.25) is 0 Å². The Morgan fingerprint density at radius 1 is 0.449 bits per heavy atom. The number of nitrogens with zero attached hydrogens (tertiary/aromatic N) is 2. The van der Waals surface area contributed by atoms with E-state index >= 15 is 0 Å². The Hall–Kier alpha value is -6.51. The van der Waals surface area contributed by atoms with Gasteiger partial charge in [0.1, 0.15) is 5.82 Å². The zero-order valence-electron chi connectivity index (χ0n) is 40.6. The molecule has 228 valence electrons. The lowest BCUT2D eigenvalue weighted by Crippen LogP contribution is -1.98. The van der Waals surface area contributed by atoms with Crippen LogP contribution in [0.5, 0.6) is 0 Å². The fourth-order valence-electron chi connectivity index (χ4n) is 6.75. The van der Waals surface area contributed by atoms with E-state index in [1.807, 2.05) is 65.2 Å². The van der Waals surface area contributed by atoms with Crippen LogP contribution in [0.15, 0.2) is 182 Å². The number of aromatic nitrogens is 2. The summed E-state index contributed by atoms with van der Waals surface area (Å²) >= 11 is 0. The maximum absolute atomic E-state index is 9.39. The molecule has 2 heteroatoms. The van der Waals surface area contributed by atoms with Crippen LogP contribution in [0, 0.1) is 0 Å². The third-order valence-corrected chi connectivity index (χ3v) is 8.92. The molecule has 2 nitrogen and oxygen atoms in total. The van der Waals surface area contributed by atoms with Crippen molar-refractivity contribution in [3.05, 3.63) is 182 Å². The molecule has 10 rings (SSSR count). The molecule has 0 radical (unpaired) electrons. The molecule has 0 fully saturated rings. The van der Waals surface area contributed by atoms with Crippen LogP contribution >= 0.6 is 0 Å². The molecule has 10 aromatic rings. The van der Waals surface area contributed by atoms with E-state index in [4.69, 9.17) is 18.7 Å². The van der Waals surface area contributed by atoms with E-state index in [2.05, 4.69) is 6.07 Å². The van der Waals surface area contributed by atoms with Crippen molar-refractivity contribution in [2.45, 2.75) is 0 Å². The molecule has 0 aliphatic carbocycles. The molecule has 0 bridgehead atoms. The highest BCUT2D eigenvalue weighted by atomic mass is 15.1. The number of hydrogen-bond acceptors (Lipinski definition) is 1. The van der Waals surface area contributed by atoms with Gasteiger partial charge in [0.05, 0.1) is 31.6 Å². The molecule has 0 N–H and O–H groups in total. The van der Waals surface area contributed by atoms with Gasteiger partial charge in [-0.3, -0.25) is 4.57 Å². The van der Waals surface area contributed by atoms with Crippen LogP contribution in [0.4, 0.5) is 0 Å². The molecule has 9 aromatic carbocycles. The molecule has 0 aliphatic rings. The molecule has 1 heterocycles. The molecule has 1 aromatic heterocycles. The molecule has 0 amide bonds. The molecule has 49 heavy (non-hydrogen) atoms. The largest absolute Gasteiger partial charge is 0.292 e. The first-order valence-electron chi connectivity index (χ1n) is 23.1. The molecule has 0 unspecified atom stereocenters. The van der Waals surface area contributed by atoms with Crippen LogP contribution in [0.3, 0.4) is 0 Å². The summed E-state index contributed by atoms with van der Waals surface area (Å²) in [5.41, 5.74) is 2.60. The van der Waals surface area contributed by atoms with Gasteiger partial charge in [0.15, 0.2) is 0 Å². The number of rotatable bonds is 4. The second-order valence-electron chi connectivity index (χ2n) is 11.6. The Labute approximate surface area is 305 Å². The van der Waals surface area contributed by atoms with E-state index in [0.717, 1.165) is 27.5 Å². The smallest absolute Gasteiger partial charge is 0.145 e. The first-order chi connectivity index (χ1) is 30.5. The maximum Gasteiger partial charge on any atom is 0.145 e. The van der Waals surface area contributed by atoms with Gasteiger partial charge in [-0.25, -0.2) is 4.98 Å². The molecular formula is C47H30N2. The highest BCUT2D eigenvalue weighted by Gasteiger charge is 2.19. The summed E-state index contributed by atoms with van der Waals surface area (Å²) in [5.74, 6) is 0.584. The van der Waals surface area contributed by atoms with Gasteiger partial charge in [-0.1, -0.05) is 157 Å². The summed E-state index contributed by atoms with van der Waals surface area (Å²) in [6, 6.07) is 18.4. The fourth-order valence-corrected chi connectivity index (χ4v) is 6.75. The van der Waals surface area contributed by atoms with Crippen LogP contribution in [-0.2, 0) is 0 Å². The second-order valence-corrected chi connectivity index (χ2v) is 11.6. The summed E-state index contributed by atoms with van der Waals surface area (Å²) < 4.78 is 136. The normalized spacial score (nSPS) is 16.0. The van der Waals surface area contributed by atoms with Gasteiger partial charge in [-0.05, 0) is 89.6 Å². The average molecular weight is 638 g/mol. The summed E-state index contributed by atoms with van der Waals surface area (Å²) in [7, 11) is 0. The fraction of sp³-hybridized carbons (Fsp3) is 0. The summed E-state index contributed by atoms with van der Waals surface area (Å²) in [6.45, 7) is 0. The first kappa shape index (κ1) is 16.5. The monoisotopic (exact) mass is 637 g/mol. The second kappa shape index (κ2) is 11.0. The van der Waals surface area contributed by atoms with Gasteiger partial charge in [0.25, 0.3) is 0 Å². The number of benzene rings is 9. The highest BCUT2D eigenvalue weighted by molar-refractivity contribution is 6.23. The van der Waals surface area contributed by atoms with Gasteiger partial charge >= 0.3 is 0 Å². The quantitative estimate of drug-likeness (QED) is 0.176. The van der Waals surface area contributed by atoms with E-state index in [0.29, 0.717) is 17.0 Å². The minimum Gasteiger partial charge on any atom is -0.292 e. The Morgan fingerprint density at radius 2 is 1.04 bits per heavy atom. The maximum atomic E-state index is 9.39. The Bertz CT molecular complexity index is 3640. The molecule has 0 spiro atoms. The van der Waals surface area contributed by atoms with E-state index in [9.17, 15) is 6.85 Å². The predicted octanol–water partition coefficient (Wildman–Crippen LogP) is 12.6. The van der Waals surface area contributed by atoms with Gasteiger partial charge in [0, 0.05) is 11.3 Å². The zero-order chi connectivity index (χ0) is 45.4. The van der Waals surface area contributed by atoms with Gasteiger partial charge in [-0.2, -0.15) is 0 Å². The van der Waals surface area contributed by atoms with Crippen molar-refractivity contribution in [2.24, 2.45) is 0 Å². The van der Waals surface area contributed by atoms with E-state index < -0.39 is 107 Å². The topological polar surface area (TPSA) is 17.8 Å². The summed E-state index contributed by atoms with van der Waals surface area (Å²) in [4.78, 5) is 5.01. The van der Waals surface area contributed by atoms with Crippen molar-refractivity contribution in [2.75, 3.05) is 0 Å². The average Bonchev–Trinajstić information content (AvgIpc) is 3.70. The zero-order valence-corrected chi connectivity index (χ0v) is 25.6. The lowest BCUT2D eigenvalue weighted by Gasteiger charge is -2.19. The predicted molar refractivity (Wildman–Crippen MR) is 207 cm³/mol. The Kier molecular flexibility index (Phi) is 3.73. The van der Waals surface area contributed by atoms with Crippen molar-refractivity contribution >= 4 is 54.1 Å². The molecule has 0 saturated carbocycles. The molecule has 0 saturated heterocycles.